The number of hydrogen-bond donors (Lipinski definition) is 0. The molecule has 0 saturated heterocycles. The maximum atomic E-state index is 12.0. The van der Waals surface area contributed by atoms with Crippen molar-refractivity contribution in [1.82, 2.24) is 0 Å². The van der Waals surface area contributed by atoms with Crippen molar-refractivity contribution in [3.05, 3.63) is 0 Å². The van der Waals surface area contributed by atoms with Crippen molar-refractivity contribution in [2.45, 2.75) is 52.4 Å². The summed E-state index contributed by atoms with van der Waals surface area (Å²) in [7, 11) is 0. The van der Waals surface area contributed by atoms with Crippen LogP contribution in [0.5, 0.6) is 0 Å². The van der Waals surface area contributed by atoms with Crippen LogP contribution >= 0.6 is 0 Å². The zero-order valence-electron chi connectivity index (χ0n) is 11.3. The fraction of sp³-hybridized carbons (Fsp3) is 0.857. The number of ether oxygens (including phenoxy) is 2. The molecular formula is C14H22O4. The van der Waals surface area contributed by atoms with Crippen molar-refractivity contribution in [2.75, 3.05) is 13.2 Å². The standard InChI is InChI=1S/C14H22O4/c1-3-17-11(15)9-13-5-7-14(10-13,8-6-13)12(16)18-4-2/h3-10H2,1-2H3. The Bertz CT molecular complexity index is 340. The minimum atomic E-state index is -0.303. The van der Waals surface area contributed by atoms with Gasteiger partial charge in [-0.15, -0.1) is 0 Å². The van der Waals surface area contributed by atoms with Crippen LogP contribution in [-0.2, 0) is 19.1 Å². The van der Waals surface area contributed by atoms with Gasteiger partial charge in [0.2, 0.25) is 0 Å². The van der Waals surface area contributed by atoms with Crippen molar-refractivity contribution < 1.29 is 19.1 Å². The summed E-state index contributed by atoms with van der Waals surface area (Å²) in [5.74, 6) is -0.188. The third-order valence-corrected chi connectivity index (χ3v) is 4.51. The van der Waals surface area contributed by atoms with E-state index in [-0.39, 0.29) is 22.8 Å². The average Bonchev–Trinajstić information content (AvgIpc) is 2.86. The lowest BCUT2D eigenvalue weighted by molar-refractivity contribution is -0.155. The summed E-state index contributed by atoms with van der Waals surface area (Å²) in [6.45, 7) is 4.52. The third kappa shape index (κ3) is 2.25. The molecule has 0 aromatic carbocycles. The second kappa shape index (κ2) is 4.90. The normalized spacial score (nSPS) is 33.4. The fourth-order valence-corrected chi connectivity index (χ4v) is 3.65. The highest BCUT2D eigenvalue weighted by atomic mass is 16.5. The van der Waals surface area contributed by atoms with E-state index in [9.17, 15) is 9.59 Å². The van der Waals surface area contributed by atoms with Crippen LogP contribution < -0.4 is 0 Å². The lowest BCUT2D eigenvalue weighted by Crippen LogP contribution is -2.28. The van der Waals surface area contributed by atoms with E-state index >= 15 is 0 Å². The molecule has 0 heterocycles. The van der Waals surface area contributed by atoms with Gasteiger partial charge in [-0.05, 0) is 51.4 Å². The van der Waals surface area contributed by atoms with E-state index in [1.165, 1.54) is 0 Å². The summed E-state index contributed by atoms with van der Waals surface area (Å²) in [5.41, 5.74) is -0.304. The Morgan fingerprint density at radius 2 is 1.61 bits per heavy atom. The lowest BCUT2D eigenvalue weighted by Gasteiger charge is -2.25. The summed E-state index contributed by atoms with van der Waals surface area (Å²) in [5, 5.41) is 0. The molecule has 0 aromatic heterocycles. The van der Waals surface area contributed by atoms with Crippen molar-refractivity contribution in [3.8, 4) is 0 Å². The lowest BCUT2D eigenvalue weighted by atomic mass is 9.80. The molecule has 0 radical (unpaired) electrons. The molecule has 4 heteroatoms. The van der Waals surface area contributed by atoms with Crippen molar-refractivity contribution >= 4 is 11.9 Å². The number of carbonyl (C=O) groups is 2. The van der Waals surface area contributed by atoms with Gasteiger partial charge < -0.3 is 9.47 Å². The first-order valence-electron chi connectivity index (χ1n) is 6.89. The van der Waals surface area contributed by atoms with Gasteiger partial charge in [-0.1, -0.05) is 0 Å². The van der Waals surface area contributed by atoms with Crippen molar-refractivity contribution in [3.63, 3.8) is 0 Å². The molecule has 0 spiro atoms. The van der Waals surface area contributed by atoms with E-state index in [4.69, 9.17) is 9.47 Å². The molecule has 2 aliphatic rings. The Morgan fingerprint density at radius 1 is 1.00 bits per heavy atom. The van der Waals surface area contributed by atoms with Gasteiger partial charge in [-0.2, -0.15) is 0 Å². The molecule has 2 fully saturated rings. The van der Waals surface area contributed by atoms with Gasteiger partial charge in [-0.3, -0.25) is 9.59 Å². The molecule has 0 aliphatic heterocycles. The molecule has 2 saturated carbocycles. The number of esters is 2. The van der Waals surface area contributed by atoms with Crippen LogP contribution in [0.1, 0.15) is 52.4 Å². The molecule has 0 unspecified atom stereocenters. The number of fused-ring (bicyclic) bond motifs is 2. The van der Waals surface area contributed by atoms with Crippen LogP contribution in [0.2, 0.25) is 0 Å². The Kier molecular flexibility index (Phi) is 3.64. The van der Waals surface area contributed by atoms with Crippen LogP contribution in [0.25, 0.3) is 0 Å². The number of carbonyl (C=O) groups excluding carboxylic acids is 2. The van der Waals surface area contributed by atoms with E-state index in [0.717, 1.165) is 32.1 Å². The second-order valence-electron chi connectivity index (χ2n) is 5.66. The molecule has 0 amide bonds. The second-order valence-corrected chi connectivity index (χ2v) is 5.66. The van der Waals surface area contributed by atoms with Crippen molar-refractivity contribution in [2.24, 2.45) is 10.8 Å². The van der Waals surface area contributed by atoms with E-state index in [1.54, 1.807) is 0 Å². The Balaban J connectivity index is 2.00. The van der Waals surface area contributed by atoms with Gasteiger partial charge in [-0.25, -0.2) is 0 Å². The van der Waals surface area contributed by atoms with Gasteiger partial charge in [0, 0.05) is 0 Å². The SMILES string of the molecule is CCOC(=O)CC12CCC(C(=O)OCC)(CC1)C2. The topological polar surface area (TPSA) is 52.6 Å². The van der Waals surface area contributed by atoms with Crippen LogP contribution in [0.4, 0.5) is 0 Å². The fourth-order valence-electron chi connectivity index (χ4n) is 3.65. The zero-order chi connectivity index (χ0) is 13.2. The van der Waals surface area contributed by atoms with Gasteiger partial charge in [0.05, 0.1) is 25.0 Å². The predicted molar refractivity (Wildman–Crippen MR) is 65.8 cm³/mol. The largest absolute Gasteiger partial charge is 0.466 e. The number of hydrogen-bond acceptors (Lipinski definition) is 4. The molecule has 4 nitrogen and oxygen atoms in total. The highest BCUT2D eigenvalue weighted by molar-refractivity contribution is 5.79. The van der Waals surface area contributed by atoms with Crippen LogP contribution in [0.3, 0.4) is 0 Å². The molecule has 18 heavy (non-hydrogen) atoms. The highest BCUT2D eigenvalue weighted by Gasteiger charge is 2.59. The monoisotopic (exact) mass is 254 g/mol. The molecule has 2 aliphatic carbocycles. The third-order valence-electron chi connectivity index (χ3n) is 4.51. The van der Waals surface area contributed by atoms with Crippen LogP contribution in [-0.4, -0.2) is 25.2 Å². The Labute approximate surface area is 108 Å². The Morgan fingerprint density at radius 3 is 2.17 bits per heavy atom. The smallest absolute Gasteiger partial charge is 0.312 e. The average molecular weight is 254 g/mol. The van der Waals surface area contributed by atoms with E-state index in [1.807, 2.05) is 13.8 Å². The Hall–Kier alpha value is -1.06. The van der Waals surface area contributed by atoms with Crippen LogP contribution in [0.15, 0.2) is 0 Å². The summed E-state index contributed by atoms with van der Waals surface area (Å²) in [6, 6.07) is 0. The molecule has 0 atom stereocenters. The first-order chi connectivity index (χ1) is 8.56. The minimum Gasteiger partial charge on any atom is -0.466 e. The van der Waals surface area contributed by atoms with Crippen molar-refractivity contribution in [1.29, 1.82) is 0 Å². The summed E-state index contributed by atoms with van der Waals surface area (Å²) < 4.78 is 10.2. The summed E-state index contributed by atoms with van der Waals surface area (Å²) in [4.78, 5) is 23.7. The molecule has 102 valence electrons. The minimum absolute atomic E-state index is 0.000977. The first-order valence-corrected chi connectivity index (χ1v) is 6.89. The molecular weight excluding hydrogens is 232 g/mol. The summed E-state index contributed by atoms with van der Waals surface area (Å²) >= 11 is 0. The predicted octanol–water partition coefficient (Wildman–Crippen LogP) is 2.45. The first kappa shape index (κ1) is 13.4. The van der Waals surface area contributed by atoms with Gasteiger partial charge >= 0.3 is 11.9 Å². The maximum absolute atomic E-state index is 12.0. The molecule has 2 bridgehead atoms. The van der Waals surface area contributed by atoms with Gasteiger partial charge in [0.1, 0.15) is 0 Å². The quantitative estimate of drug-likeness (QED) is 0.707. The van der Waals surface area contributed by atoms with Gasteiger partial charge in [0.25, 0.3) is 0 Å². The molecule has 0 N–H and O–H groups in total. The number of rotatable bonds is 5. The molecule has 2 rings (SSSR count). The zero-order valence-corrected chi connectivity index (χ0v) is 11.3. The van der Waals surface area contributed by atoms with E-state index in [0.29, 0.717) is 19.6 Å². The maximum Gasteiger partial charge on any atom is 0.312 e. The summed E-state index contributed by atoms with van der Waals surface area (Å²) in [6.07, 6.45) is 4.89. The van der Waals surface area contributed by atoms with Gasteiger partial charge in [0.15, 0.2) is 0 Å². The van der Waals surface area contributed by atoms with Crippen LogP contribution in [0, 0.1) is 10.8 Å². The molecule has 0 aromatic rings. The van der Waals surface area contributed by atoms with E-state index < -0.39 is 0 Å². The highest BCUT2D eigenvalue weighted by Crippen LogP contribution is 2.63. The van der Waals surface area contributed by atoms with E-state index in [2.05, 4.69) is 0 Å².